The van der Waals surface area contributed by atoms with Gasteiger partial charge in [0, 0.05) is 18.5 Å². The topological polar surface area (TPSA) is 247 Å². The highest BCUT2D eigenvalue weighted by atomic mass is 16.8. The molecule has 0 aromatic carbocycles. The number of ether oxygens (including phenoxy) is 4. The van der Waals surface area contributed by atoms with E-state index in [0.29, 0.717) is 10.5 Å². The number of carbonyl (C=O) groups is 2. The molecule has 260 valence electrons. The summed E-state index contributed by atoms with van der Waals surface area (Å²) in [5, 5.41) is 63.1. The number of aliphatic carboxylic acids is 1. The van der Waals surface area contributed by atoms with Gasteiger partial charge < -0.3 is 65.5 Å². The number of nitrogens with zero attached hydrogens (tertiary/aromatic N) is 1. The van der Waals surface area contributed by atoms with Gasteiger partial charge in [0.15, 0.2) is 12.2 Å². The zero-order chi connectivity index (χ0) is 34.2. The van der Waals surface area contributed by atoms with Crippen LogP contribution < -0.4 is 16.0 Å². The highest BCUT2D eigenvalue weighted by Crippen LogP contribution is 2.37. The number of guanidine groups is 1. The van der Waals surface area contributed by atoms with Crippen molar-refractivity contribution in [1.29, 1.82) is 0 Å². The predicted octanol–water partition coefficient (Wildman–Crippen LogP) is -2.85. The fourth-order valence-corrected chi connectivity index (χ4v) is 6.02. The van der Waals surface area contributed by atoms with Crippen molar-refractivity contribution in [2.24, 2.45) is 22.6 Å². The van der Waals surface area contributed by atoms with Gasteiger partial charge in [0.2, 0.25) is 6.29 Å². The molecule has 4 rings (SSSR count). The lowest BCUT2D eigenvalue weighted by atomic mass is 9.83. The van der Waals surface area contributed by atoms with E-state index in [4.69, 9.17) is 24.7 Å². The number of allylic oxidation sites excluding steroid dienone is 1. The first-order chi connectivity index (χ1) is 22.5. The first kappa shape index (κ1) is 36.2. The Bertz CT molecular complexity index is 1300. The average molecular weight is 666 g/mol. The van der Waals surface area contributed by atoms with Crippen LogP contribution in [0.25, 0.3) is 0 Å². The third kappa shape index (κ3) is 8.46. The van der Waals surface area contributed by atoms with Gasteiger partial charge in [-0.1, -0.05) is 18.2 Å². The number of carbonyl (C=O) groups excluding carboxylic acids is 1. The lowest BCUT2D eigenvalue weighted by molar-refractivity contribution is -0.843. The smallest absolute Gasteiger partial charge is 0.343 e. The number of carboxylic acid groups (broad SMARTS) is 1. The van der Waals surface area contributed by atoms with Crippen molar-refractivity contribution in [3.05, 3.63) is 59.7 Å². The Hall–Kier alpha value is -3.61. The molecule has 1 saturated heterocycles. The molecule has 0 spiro atoms. The van der Waals surface area contributed by atoms with E-state index in [1.165, 1.54) is 25.6 Å². The van der Waals surface area contributed by atoms with Gasteiger partial charge >= 0.3 is 11.9 Å². The SMILES string of the molecule is C=CC1C(OC2OC(CO)C(O)C(O)C2O)OC=C(C(=O)OC2CCCC2)C1C=CC1=C(NC(N)=NC)C(C(=O)O)=C[NH+](CCO)C1. The second-order valence-electron chi connectivity index (χ2n) is 11.7. The first-order valence-electron chi connectivity index (χ1n) is 15.5. The first-order valence-corrected chi connectivity index (χ1v) is 15.5. The Morgan fingerprint density at radius 1 is 1.17 bits per heavy atom. The fraction of sp³-hybridized carbons (Fsp3) is 0.581. The summed E-state index contributed by atoms with van der Waals surface area (Å²) in [6, 6.07) is 0. The van der Waals surface area contributed by atoms with Gasteiger partial charge in [0.05, 0.1) is 36.7 Å². The lowest BCUT2D eigenvalue weighted by Crippen LogP contribution is -3.09. The number of aliphatic hydroxyl groups excluding tert-OH is 5. The maximum atomic E-state index is 13.5. The van der Waals surface area contributed by atoms with Crippen molar-refractivity contribution in [2.45, 2.75) is 68.8 Å². The number of nitrogens with one attached hydrogen (secondary N) is 2. The summed E-state index contributed by atoms with van der Waals surface area (Å²) in [6.07, 6.45) is 1.48. The molecule has 2 fully saturated rings. The zero-order valence-electron chi connectivity index (χ0n) is 26.1. The number of aliphatic hydroxyl groups is 5. The highest BCUT2D eigenvalue weighted by molar-refractivity contribution is 5.94. The molecule has 3 aliphatic heterocycles. The normalized spacial score (nSPS) is 33.7. The standard InChI is InChI=1S/C31H44N4O12/c1-3-18-19(9-8-16-12-35(10-11-36)13-20(27(41)42)23(16)34-31(32)33-2)21(28(43)45-17-6-4-5-7-17)15-44-29(18)47-30-26(40)25(39)24(38)22(14-37)46-30/h3,8-9,13,15,17-19,22,24-26,29-30,36-40H,1,4-7,10-12,14H2,2H3,(H,41,42)(H3,32,33,34)/p+1. The van der Waals surface area contributed by atoms with Crippen molar-refractivity contribution >= 4 is 17.9 Å². The summed E-state index contributed by atoms with van der Waals surface area (Å²) < 4.78 is 23.0. The molecule has 0 aromatic rings. The molecular weight excluding hydrogens is 620 g/mol. The minimum absolute atomic E-state index is 0.0348. The van der Waals surface area contributed by atoms with Crippen molar-refractivity contribution in [3.8, 4) is 0 Å². The Kier molecular flexibility index (Phi) is 12.7. The quantitative estimate of drug-likeness (QED) is 0.0441. The van der Waals surface area contributed by atoms with Gasteiger partial charge in [-0.25, -0.2) is 9.59 Å². The average Bonchev–Trinajstić information content (AvgIpc) is 3.57. The number of aliphatic imine (C=N–C) groups is 1. The summed E-state index contributed by atoms with van der Waals surface area (Å²) >= 11 is 0. The molecule has 4 aliphatic rings. The van der Waals surface area contributed by atoms with Gasteiger partial charge in [-0.05, 0) is 25.7 Å². The molecule has 1 saturated carbocycles. The molecule has 0 radical (unpaired) electrons. The van der Waals surface area contributed by atoms with Crippen molar-refractivity contribution < 1.29 is 64.1 Å². The molecule has 16 nitrogen and oxygen atoms in total. The van der Waals surface area contributed by atoms with Crippen LogP contribution in [0.2, 0.25) is 0 Å². The summed E-state index contributed by atoms with van der Waals surface area (Å²) in [7, 11) is 1.44. The van der Waals surface area contributed by atoms with E-state index >= 15 is 0 Å². The van der Waals surface area contributed by atoms with E-state index < -0.39 is 67.4 Å². The molecule has 16 heteroatoms. The van der Waals surface area contributed by atoms with Crippen LogP contribution in [0, 0.1) is 11.8 Å². The third-order valence-corrected chi connectivity index (χ3v) is 8.64. The summed E-state index contributed by atoms with van der Waals surface area (Å²) in [5.74, 6) is -3.54. The molecule has 1 aliphatic carbocycles. The second kappa shape index (κ2) is 16.5. The second-order valence-corrected chi connectivity index (χ2v) is 11.7. The summed E-state index contributed by atoms with van der Waals surface area (Å²) in [6.45, 7) is 3.50. The van der Waals surface area contributed by atoms with E-state index in [1.807, 2.05) is 0 Å². The largest absolute Gasteiger partial charge is 0.477 e. The van der Waals surface area contributed by atoms with Crippen molar-refractivity contribution in [1.82, 2.24) is 5.32 Å². The molecule has 47 heavy (non-hydrogen) atoms. The maximum absolute atomic E-state index is 13.5. The van der Waals surface area contributed by atoms with E-state index in [0.717, 1.165) is 25.7 Å². The van der Waals surface area contributed by atoms with E-state index in [1.54, 1.807) is 12.2 Å². The Labute approximate surface area is 271 Å². The molecule has 0 aromatic heterocycles. The van der Waals surface area contributed by atoms with Gasteiger partial charge in [-0.3, -0.25) is 4.99 Å². The lowest BCUT2D eigenvalue weighted by Gasteiger charge is -2.42. The summed E-state index contributed by atoms with van der Waals surface area (Å²) in [4.78, 5) is 30.3. The number of hydrogen-bond donors (Lipinski definition) is 9. The van der Waals surface area contributed by atoms with Crippen molar-refractivity contribution in [3.63, 3.8) is 0 Å². The minimum atomic E-state index is -1.71. The van der Waals surface area contributed by atoms with Gasteiger partial charge in [-0.15, -0.1) is 6.58 Å². The molecule has 9 unspecified atom stereocenters. The number of rotatable bonds is 12. The van der Waals surface area contributed by atoms with E-state index in [2.05, 4.69) is 16.9 Å². The van der Waals surface area contributed by atoms with Crippen LogP contribution in [-0.2, 0) is 28.5 Å². The molecular formula is C31H45N4O12+. The van der Waals surface area contributed by atoms with Crippen LogP contribution in [0.4, 0.5) is 0 Å². The van der Waals surface area contributed by atoms with Gasteiger partial charge in [-0.2, -0.15) is 0 Å². The van der Waals surface area contributed by atoms with Crippen LogP contribution in [0.15, 0.2) is 64.7 Å². The maximum Gasteiger partial charge on any atom is 0.343 e. The number of quaternary nitrogens is 1. The van der Waals surface area contributed by atoms with Crippen LogP contribution >= 0.6 is 0 Å². The Balaban J connectivity index is 1.72. The minimum Gasteiger partial charge on any atom is -0.477 e. The highest BCUT2D eigenvalue weighted by Gasteiger charge is 2.47. The number of esters is 1. The third-order valence-electron chi connectivity index (χ3n) is 8.64. The Morgan fingerprint density at radius 3 is 2.51 bits per heavy atom. The number of nitrogens with two attached hydrogens (primary N) is 1. The molecule has 0 bridgehead atoms. The number of carboxylic acids is 1. The van der Waals surface area contributed by atoms with Crippen LogP contribution in [0.3, 0.4) is 0 Å². The summed E-state index contributed by atoms with van der Waals surface area (Å²) in [5.41, 5.74) is 6.59. The predicted molar refractivity (Wildman–Crippen MR) is 164 cm³/mol. The van der Waals surface area contributed by atoms with Crippen LogP contribution in [0.5, 0.6) is 0 Å². The van der Waals surface area contributed by atoms with E-state index in [-0.39, 0.29) is 48.6 Å². The Morgan fingerprint density at radius 2 is 1.89 bits per heavy atom. The zero-order valence-corrected chi connectivity index (χ0v) is 26.1. The van der Waals surface area contributed by atoms with Crippen LogP contribution in [0.1, 0.15) is 25.7 Å². The molecule has 10 N–H and O–H groups in total. The monoisotopic (exact) mass is 665 g/mol. The molecule has 9 atom stereocenters. The van der Waals surface area contributed by atoms with Crippen molar-refractivity contribution in [2.75, 3.05) is 33.4 Å². The molecule has 0 amide bonds. The fourth-order valence-electron chi connectivity index (χ4n) is 6.02. The number of hydrogen-bond acceptors (Lipinski definition) is 12. The van der Waals surface area contributed by atoms with Crippen LogP contribution in [-0.4, -0.2) is 125 Å². The molecule has 3 heterocycles. The van der Waals surface area contributed by atoms with Gasteiger partial charge in [0.25, 0.3) is 0 Å². The van der Waals surface area contributed by atoms with Gasteiger partial charge in [0.1, 0.15) is 55.4 Å². The van der Waals surface area contributed by atoms with E-state index in [9.17, 15) is 40.2 Å².